The molecule has 0 saturated carbocycles. The third kappa shape index (κ3) is 2.70. The van der Waals surface area contributed by atoms with E-state index in [1.54, 1.807) is 17.2 Å². The lowest BCUT2D eigenvalue weighted by Gasteiger charge is -2.08. The first-order valence-corrected chi connectivity index (χ1v) is 7.92. The van der Waals surface area contributed by atoms with Crippen LogP contribution in [0.5, 0.6) is 0 Å². The minimum atomic E-state index is 0.586. The number of fused-ring (bicyclic) bond motifs is 1. The number of hydrogen-bond donors (Lipinski definition) is 1. The van der Waals surface area contributed by atoms with E-state index in [-0.39, 0.29) is 0 Å². The average molecular weight is 336 g/mol. The molecule has 0 aliphatic carbocycles. The molecule has 0 bridgehead atoms. The molecule has 2 heterocycles. The van der Waals surface area contributed by atoms with Crippen LogP contribution in [0.3, 0.4) is 0 Å². The lowest BCUT2D eigenvalue weighted by atomic mass is 10.2. The van der Waals surface area contributed by atoms with Gasteiger partial charge in [0.1, 0.15) is 12.1 Å². The normalized spacial score (nSPS) is 10.9. The molecule has 118 valence electrons. The van der Waals surface area contributed by atoms with Gasteiger partial charge in [-0.05, 0) is 23.8 Å². The van der Waals surface area contributed by atoms with E-state index in [9.17, 15) is 0 Å². The molecule has 4 aromatic rings. The molecule has 0 unspecified atom stereocenters. The Labute approximate surface area is 143 Å². The van der Waals surface area contributed by atoms with Gasteiger partial charge >= 0.3 is 0 Å². The Balaban J connectivity index is 1.68. The second-order valence-electron chi connectivity index (χ2n) is 5.30. The van der Waals surface area contributed by atoms with E-state index in [0.717, 1.165) is 33.1 Å². The summed E-state index contributed by atoms with van der Waals surface area (Å²) in [5, 5.41) is 9.37. The van der Waals surface area contributed by atoms with Crippen molar-refractivity contribution in [3.05, 3.63) is 77.7 Å². The van der Waals surface area contributed by atoms with Gasteiger partial charge < -0.3 is 5.32 Å². The second-order valence-corrected chi connectivity index (χ2v) is 5.70. The van der Waals surface area contributed by atoms with E-state index in [0.29, 0.717) is 6.54 Å². The molecule has 0 amide bonds. The molecule has 0 saturated heterocycles. The quantitative estimate of drug-likeness (QED) is 0.610. The van der Waals surface area contributed by atoms with Crippen molar-refractivity contribution in [3.63, 3.8) is 0 Å². The number of anilines is 1. The van der Waals surface area contributed by atoms with Crippen LogP contribution in [0.2, 0.25) is 5.02 Å². The van der Waals surface area contributed by atoms with Crippen LogP contribution in [-0.4, -0.2) is 19.7 Å². The minimum absolute atomic E-state index is 0.586. The van der Waals surface area contributed by atoms with Gasteiger partial charge in [0.2, 0.25) is 0 Å². The highest BCUT2D eigenvalue weighted by Crippen LogP contribution is 2.23. The number of nitrogens with one attached hydrogen (secondary N) is 1. The highest BCUT2D eigenvalue weighted by Gasteiger charge is 2.11. The molecular weight excluding hydrogens is 322 g/mol. The average Bonchev–Trinajstić information content (AvgIpc) is 3.06. The minimum Gasteiger partial charge on any atom is -0.365 e. The highest BCUT2D eigenvalue weighted by atomic mass is 35.5. The van der Waals surface area contributed by atoms with Crippen molar-refractivity contribution in [1.29, 1.82) is 0 Å². The van der Waals surface area contributed by atoms with Crippen molar-refractivity contribution in [1.82, 2.24) is 19.7 Å². The molecule has 2 aromatic carbocycles. The lowest BCUT2D eigenvalue weighted by molar-refractivity contribution is 0.895. The number of benzene rings is 2. The van der Waals surface area contributed by atoms with E-state index >= 15 is 0 Å². The van der Waals surface area contributed by atoms with Crippen molar-refractivity contribution in [2.24, 2.45) is 0 Å². The van der Waals surface area contributed by atoms with Crippen LogP contribution in [0.4, 0.5) is 5.82 Å². The molecule has 6 heteroatoms. The molecule has 24 heavy (non-hydrogen) atoms. The molecular formula is C18H14ClN5. The molecule has 0 atom stereocenters. The number of rotatable bonds is 4. The molecule has 0 radical (unpaired) electrons. The van der Waals surface area contributed by atoms with Crippen molar-refractivity contribution in [3.8, 4) is 5.69 Å². The largest absolute Gasteiger partial charge is 0.365 e. The highest BCUT2D eigenvalue weighted by molar-refractivity contribution is 6.31. The summed E-state index contributed by atoms with van der Waals surface area (Å²) in [7, 11) is 0. The summed E-state index contributed by atoms with van der Waals surface area (Å²) in [4.78, 5) is 8.71. The van der Waals surface area contributed by atoms with E-state index in [4.69, 9.17) is 11.6 Å². The smallest absolute Gasteiger partial charge is 0.168 e. The zero-order chi connectivity index (χ0) is 16.4. The van der Waals surface area contributed by atoms with Gasteiger partial charge in [-0.25, -0.2) is 14.6 Å². The zero-order valence-corrected chi connectivity index (χ0v) is 13.5. The Morgan fingerprint density at radius 1 is 0.958 bits per heavy atom. The van der Waals surface area contributed by atoms with Gasteiger partial charge in [-0.2, -0.15) is 5.10 Å². The number of hydrogen-bond acceptors (Lipinski definition) is 4. The Kier molecular flexibility index (Phi) is 3.84. The first-order chi connectivity index (χ1) is 11.8. The number of para-hydroxylation sites is 1. The fraction of sp³-hybridized carbons (Fsp3) is 0.0556. The van der Waals surface area contributed by atoms with Crippen LogP contribution in [0.15, 0.2) is 67.1 Å². The Hall–Kier alpha value is -2.92. The second kappa shape index (κ2) is 6.29. The molecule has 1 N–H and O–H groups in total. The van der Waals surface area contributed by atoms with E-state index < -0.39 is 0 Å². The fourth-order valence-corrected chi connectivity index (χ4v) is 2.77. The monoisotopic (exact) mass is 335 g/mol. The Morgan fingerprint density at radius 3 is 2.58 bits per heavy atom. The van der Waals surface area contributed by atoms with Crippen LogP contribution in [0, 0.1) is 0 Å². The van der Waals surface area contributed by atoms with E-state index in [1.807, 2.05) is 54.6 Å². The Bertz CT molecular complexity index is 981. The van der Waals surface area contributed by atoms with Crippen LogP contribution < -0.4 is 5.32 Å². The first kappa shape index (κ1) is 14.7. The Morgan fingerprint density at radius 2 is 1.75 bits per heavy atom. The predicted octanol–water partition coefficient (Wildman–Crippen LogP) is 4.08. The standard InChI is InChI=1S/C18H14ClN5/c19-16-9-5-4-6-13(16)10-20-17-15-11-23-24(18(15)22-12-21-17)14-7-2-1-3-8-14/h1-9,11-12H,10H2,(H,20,21,22). The number of halogens is 1. The molecule has 0 fully saturated rings. The van der Waals surface area contributed by atoms with E-state index in [1.165, 1.54) is 0 Å². The summed E-state index contributed by atoms with van der Waals surface area (Å²) in [5.41, 5.74) is 2.74. The molecule has 2 aromatic heterocycles. The number of nitrogens with zero attached hydrogens (tertiary/aromatic N) is 4. The summed E-state index contributed by atoms with van der Waals surface area (Å²) in [6, 6.07) is 17.6. The van der Waals surface area contributed by atoms with Gasteiger partial charge in [0.15, 0.2) is 5.65 Å². The molecule has 0 aliphatic rings. The fourth-order valence-electron chi connectivity index (χ4n) is 2.56. The van der Waals surface area contributed by atoms with Gasteiger partial charge in [0, 0.05) is 11.6 Å². The third-order valence-corrected chi connectivity index (χ3v) is 4.14. The predicted molar refractivity (Wildman–Crippen MR) is 95.4 cm³/mol. The van der Waals surface area contributed by atoms with Gasteiger partial charge in [-0.1, -0.05) is 48.0 Å². The van der Waals surface area contributed by atoms with Gasteiger partial charge in [0.05, 0.1) is 17.3 Å². The zero-order valence-electron chi connectivity index (χ0n) is 12.7. The number of aromatic nitrogens is 4. The van der Waals surface area contributed by atoms with Crippen molar-refractivity contribution < 1.29 is 0 Å². The molecule has 4 rings (SSSR count). The maximum atomic E-state index is 6.20. The van der Waals surface area contributed by atoms with Gasteiger partial charge in [-0.15, -0.1) is 0 Å². The van der Waals surface area contributed by atoms with Crippen LogP contribution in [-0.2, 0) is 6.54 Å². The van der Waals surface area contributed by atoms with Gasteiger partial charge in [-0.3, -0.25) is 0 Å². The van der Waals surface area contributed by atoms with Crippen LogP contribution >= 0.6 is 11.6 Å². The third-order valence-electron chi connectivity index (χ3n) is 3.77. The summed E-state index contributed by atoms with van der Waals surface area (Å²) in [5.74, 6) is 0.738. The van der Waals surface area contributed by atoms with Crippen LogP contribution in [0.1, 0.15) is 5.56 Å². The summed E-state index contributed by atoms with van der Waals surface area (Å²) < 4.78 is 1.80. The summed E-state index contributed by atoms with van der Waals surface area (Å²) in [6.45, 7) is 0.586. The topological polar surface area (TPSA) is 55.6 Å². The van der Waals surface area contributed by atoms with Crippen molar-refractivity contribution in [2.75, 3.05) is 5.32 Å². The molecule has 5 nitrogen and oxygen atoms in total. The summed E-state index contributed by atoms with van der Waals surface area (Å²) in [6.07, 6.45) is 3.32. The molecule has 0 aliphatic heterocycles. The SMILES string of the molecule is Clc1ccccc1CNc1ncnc2c1cnn2-c1ccccc1. The first-order valence-electron chi connectivity index (χ1n) is 7.54. The van der Waals surface area contributed by atoms with Gasteiger partial charge in [0.25, 0.3) is 0 Å². The lowest BCUT2D eigenvalue weighted by Crippen LogP contribution is -2.03. The van der Waals surface area contributed by atoms with Crippen LogP contribution in [0.25, 0.3) is 16.7 Å². The maximum Gasteiger partial charge on any atom is 0.168 e. The molecule has 0 spiro atoms. The van der Waals surface area contributed by atoms with E-state index in [2.05, 4.69) is 20.4 Å². The maximum absolute atomic E-state index is 6.20. The van der Waals surface area contributed by atoms with Crippen molar-refractivity contribution >= 4 is 28.5 Å². The summed E-state index contributed by atoms with van der Waals surface area (Å²) >= 11 is 6.20. The van der Waals surface area contributed by atoms with Crippen molar-refractivity contribution in [2.45, 2.75) is 6.54 Å².